The van der Waals surface area contributed by atoms with Crippen LogP contribution in [0.1, 0.15) is 22.3 Å². The maximum Gasteiger partial charge on any atom is 0.165 e. The van der Waals surface area contributed by atoms with Crippen LogP contribution < -0.4 is 0 Å². The zero-order valence-corrected chi connectivity index (χ0v) is 29.4. The summed E-state index contributed by atoms with van der Waals surface area (Å²) in [7, 11) is 0. The Kier molecular flexibility index (Phi) is 6.77. The number of hydrogen-bond acceptors (Lipinski definition) is 2. The minimum Gasteiger partial charge on any atom is -0.292 e. The van der Waals surface area contributed by atoms with Crippen molar-refractivity contribution in [2.45, 2.75) is 5.41 Å². The highest BCUT2D eigenvalue weighted by molar-refractivity contribution is 6.11. The average Bonchev–Trinajstić information content (AvgIpc) is 3.74. The maximum atomic E-state index is 5.42. The van der Waals surface area contributed by atoms with Crippen molar-refractivity contribution in [1.82, 2.24) is 14.5 Å². The van der Waals surface area contributed by atoms with Gasteiger partial charge in [-0.1, -0.05) is 170 Å². The Morgan fingerprint density at radius 3 is 1.63 bits per heavy atom. The summed E-state index contributed by atoms with van der Waals surface area (Å²) in [4.78, 5) is 10.7. The molecule has 252 valence electrons. The first-order valence-corrected chi connectivity index (χ1v) is 18.5. The standard InChI is InChI=1S/C51H33N3/c1-4-16-34(17-5-1)36-28-30-41-42-33-38(51(37-20-8-3-9-21-37)43-24-12-10-22-39(43)40-23-11-13-25-44(40)51)29-31-47(42)54(48(41)32-36)50-49(35-18-6-2-7-19-35)52-45-26-14-15-27-46(45)53-50/h1-33H. The number of benzene rings is 8. The lowest BCUT2D eigenvalue weighted by Crippen LogP contribution is -2.28. The molecule has 54 heavy (non-hydrogen) atoms. The van der Waals surface area contributed by atoms with Crippen LogP contribution in [-0.4, -0.2) is 14.5 Å². The maximum absolute atomic E-state index is 5.42. The summed E-state index contributed by atoms with van der Waals surface area (Å²) in [5, 5.41) is 2.34. The first kappa shape index (κ1) is 30.5. The second-order valence-corrected chi connectivity index (χ2v) is 14.1. The smallest absolute Gasteiger partial charge is 0.165 e. The molecule has 0 N–H and O–H groups in total. The van der Waals surface area contributed by atoms with Gasteiger partial charge in [0.05, 0.1) is 27.5 Å². The van der Waals surface area contributed by atoms with E-state index >= 15 is 0 Å². The zero-order chi connectivity index (χ0) is 35.6. The number of aromatic nitrogens is 3. The predicted octanol–water partition coefficient (Wildman–Crippen LogP) is 12.4. The second kappa shape index (κ2) is 12.0. The van der Waals surface area contributed by atoms with Gasteiger partial charge < -0.3 is 0 Å². The van der Waals surface area contributed by atoms with E-state index in [0.29, 0.717) is 0 Å². The Morgan fingerprint density at radius 1 is 0.370 bits per heavy atom. The van der Waals surface area contributed by atoms with Gasteiger partial charge in [-0.25, -0.2) is 9.97 Å². The van der Waals surface area contributed by atoms with Crippen LogP contribution in [0.3, 0.4) is 0 Å². The average molecular weight is 688 g/mol. The molecule has 1 aliphatic rings. The molecule has 0 radical (unpaired) electrons. The molecule has 3 nitrogen and oxygen atoms in total. The van der Waals surface area contributed by atoms with Gasteiger partial charge in [0.15, 0.2) is 5.82 Å². The van der Waals surface area contributed by atoms with Crippen molar-refractivity contribution in [2.24, 2.45) is 0 Å². The minimum atomic E-state index is -0.501. The largest absolute Gasteiger partial charge is 0.292 e. The van der Waals surface area contributed by atoms with E-state index in [2.05, 4.69) is 180 Å². The van der Waals surface area contributed by atoms with Crippen molar-refractivity contribution < 1.29 is 0 Å². The lowest BCUT2D eigenvalue weighted by Gasteiger charge is -2.34. The summed E-state index contributed by atoms with van der Waals surface area (Å²) in [5.41, 5.74) is 15.3. The van der Waals surface area contributed by atoms with Gasteiger partial charge in [-0.05, 0) is 74.8 Å². The van der Waals surface area contributed by atoms with E-state index < -0.39 is 5.41 Å². The SMILES string of the molecule is c1ccc(-c2ccc3c4cc(C5(c6ccccc6)c6ccccc6-c6ccccc65)ccc4n(-c4nc5ccccc5nc4-c4ccccc4)c3c2)cc1. The summed E-state index contributed by atoms with van der Waals surface area (Å²) >= 11 is 0. The van der Waals surface area contributed by atoms with Crippen molar-refractivity contribution >= 4 is 32.8 Å². The molecule has 2 heterocycles. The molecule has 10 aromatic rings. The van der Waals surface area contributed by atoms with Crippen LogP contribution in [0.15, 0.2) is 200 Å². The molecule has 0 spiro atoms. The van der Waals surface area contributed by atoms with Crippen LogP contribution in [-0.2, 0) is 5.41 Å². The first-order chi connectivity index (χ1) is 26.8. The van der Waals surface area contributed by atoms with Crippen LogP contribution in [0.5, 0.6) is 0 Å². The molecular weight excluding hydrogens is 655 g/mol. The highest BCUT2D eigenvalue weighted by Crippen LogP contribution is 2.56. The molecule has 8 aromatic carbocycles. The Balaban J connectivity index is 1.26. The number of nitrogens with zero attached hydrogens (tertiary/aromatic N) is 3. The van der Waals surface area contributed by atoms with Gasteiger partial charge in [-0.3, -0.25) is 4.57 Å². The molecule has 11 rings (SSSR count). The van der Waals surface area contributed by atoms with Gasteiger partial charge in [-0.2, -0.15) is 0 Å². The molecule has 1 aliphatic carbocycles. The molecular formula is C51H33N3. The molecule has 3 heteroatoms. The second-order valence-electron chi connectivity index (χ2n) is 14.1. The lowest BCUT2D eigenvalue weighted by atomic mass is 9.67. The van der Waals surface area contributed by atoms with Gasteiger partial charge in [0.1, 0.15) is 5.69 Å². The normalized spacial score (nSPS) is 13.0. The number of rotatable bonds is 5. The first-order valence-electron chi connectivity index (χ1n) is 18.5. The molecule has 0 saturated carbocycles. The van der Waals surface area contributed by atoms with Gasteiger partial charge in [-0.15, -0.1) is 0 Å². The number of hydrogen-bond donors (Lipinski definition) is 0. The molecule has 0 bridgehead atoms. The van der Waals surface area contributed by atoms with Crippen molar-refractivity contribution in [3.05, 3.63) is 222 Å². The van der Waals surface area contributed by atoms with E-state index in [0.717, 1.165) is 44.7 Å². The predicted molar refractivity (Wildman–Crippen MR) is 222 cm³/mol. The molecule has 0 unspecified atom stereocenters. The molecule has 2 aromatic heterocycles. The van der Waals surface area contributed by atoms with Crippen molar-refractivity contribution in [2.75, 3.05) is 0 Å². The fraction of sp³-hybridized carbons (Fsp3) is 0.0196. The van der Waals surface area contributed by atoms with Crippen LogP contribution in [0.2, 0.25) is 0 Å². The van der Waals surface area contributed by atoms with E-state index in [4.69, 9.17) is 9.97 Å². The van der Waals surface area contributed by atoms with E-state index in [9.17, 15) is 0 Å². The minimum absolute atomic E-state index is 0.501. The van der Waals surface area contributed by atoms with Crippen molar-refractivity contribution in [3.8, 4) is 39.3 Å². The third-order valence-electron chi connectivity index (χ3n) is 11.3. The number of fused-ring (bicyclic) bond motifs is 7. The molecule has 0 aliphatic heterocycles. The summed E-state index contributed by atoms with van der Waals surface area (Å²) in [6, 6.07) is 72.1. The lowest BCUT2D eigenvalue weighted by molar-refractivity contribution is 0.770. The van der Waals surface area contributed by atoms with Crippen LogP contribution in [0, 0.1) is 0 Å². The summed E-state index contributed by atoms with van der Waals surface area (Å²) in [6.07, 6.45) is 0. The Morgan fingerprint density at radius 2 is 0.944 bits per heavy atom. The fourth-order valence-electron chi connectivity index (χ4n) is 8.94. The summed E-state index contributed by atoms with van der Waals surface area (Å²) in [6.45, 7) is 0. The Hall–Kier alpha value is -7.10. The van der Waals surface area contributed by atoms with E-state index in [1.807, 2.05) is 24.3 Å². The van der Waals surface area contributed by atoms with Gasteiger partial charge in [0.25, 0.3) is 0 Å². The third-order valence-corrected chi connectivity index (χ3v) is 11.3. The van der Waals surface area contributed by atoms with Crippen LogP contribution in [0.25, 0.3) is 72.2 Å². The molecule has 0 saturated heterocycles. The van der Waals surface area contributed by atoms with Gasteiger partial charge in [0.2, 0.25) is 0 Å². The molecule has 0 fully saturated rings. The third kappa shape index (κ3) is 4.42. The van der Waals surface area contributed by atoms with Crippen molar-refractivity contribution in [1.29, 1.82) is 0 Å². The monoisotopic (exact) mass is 687 g/mol. The summed E-state index contributed by atoms with van der Waals surface area (Å²) < 4.78 is 2.34. The highest BCUT2D eigenvalue weighted by Gasteiger charge is 2.46. The summed E-state index contributed by atoms with van der Waals surface area (Å²) in [5.74, 6) is 0.812. The Bertz CT molecular complexity index is 2990. The van der Waals surface area contributed by atoms with Gasteiger partial charge in [0, 0.05) is 16.3 Å². The fourth-order valence-corrected chi connectivity index (χ4v) is 8.94. The molecule has 0 atom stereocenters. The topological polar surface area (TPSA) is 30.7 Å². The van der Waals surface area contributed by atoms with E-state index in [1.54, 1.807) is 0 Å². The Labute approximate surface area is 313 Å². The number of para-hydroxylation sites is 2. The quantitative estimate of drug-likeness (QED) is 0.180. The van der Waals surface area contributed by atoms with Crippen LogP contribution >= 0.6 is 0 Å². The van der Waals surface area contributed by atoms with Crippen LogP contribution in [0.4, 0.5) is 0 Å². The highest BCUT2D eigenvalue weighted by atomic mass is 15.1. The van der Waals surface area contributed by atoms with E-state index in [-0.39, 0.29) is 0 Å². The van der Waals surface area contributed by atoms with E-state index in [1.165, 1.54) is 49.7 Å². The van der Waals surface area contributed by atoms with Gasteiger partial charge >= 0.3 is 0 Å². The van der Waals surface area contributed by atoms with Crippen molar-refractivity contribution in [3.63, 3.8) is 0 Å². The molecule has 0 amide bonds. The zero-order valence-electron chi connectivity index (χ0n) is 29.4.